The summed E-state index contributed by atoms with van der Waals surface area (Å²) < 4.78 is 11.5. The monoisotopic (exact) mass is 572 g/mol. The molecule has 1 heterocycles. The lowest BCUT2D eigenvalue weighted by Gasteiger charge is -2.14. The Morgan fingerprint density at radius 1 is 0.975 bits per heavy atom. The number of hydrogen-bond donors (Lipinski definition) is 1. The van der Waals surface area contributed by atoms with Gasteiger partial charge in [-0.3, -0.25) is 19.3 Å². The van der Waals surface area contributed by atoms with Gasteiger partial charge in [0, 0.05) is 16.1 Å². The van der Waals surface area contributed by atoms with Gasteiger partial charge in [0.05, 0.1) is 11.4 Å². The Labute approximate surface area is 240 Å². The third-order valence-electron chi connectivity index (χ3n) is 6.20. The number of rotatable bonds is 9. The van der Waals surface area contributed by atoms with E-state index < -0.39 is 0 Å². The third-order valence-corrected chi connectivity index (χ3v) is 7.51. The predicted octanol–water partition coefficient (Wildman–Crippen LogP) is 6.93. The predicted molar refractivity (Wildman–Crippen MR) is 159 cm³/mol. The topological polar surface area (TPSA) is 84.9 Å². The Bertz CT molecular complexity index is 1610. The number of carbonyl (C=O) groups excluding carboxylic acids is 3. The second-order valence-corrected chi connectivity index (χ2v) is 10.4. The number of ether oxygens (including phenoxy) is 2. The quantitative estimate of drug-likeness (QED) is 0.219. The second kappa shape index (κ2) is 12.3. The zero-order valence-corrected chi connectivity index (χ0v) is 23.1. The van der Waals surface area contributed by atoms with Gasteiger partial charge in [0.2, 0.25) is 0 Å². The van der Waals surface area contributed by atoms with Crippen molar-refractivity contribution in [3.05, 3.63) is 106 Å². The van der Waals surface area contributed by atoms with E-state index in [1.54, 1.807) is 42.5 Å². The lowest BCUT2D eigenvalue weighted by Crippen LogP contribution is -2.32. The van der Waals surface area contributed by atoms with Crippen LogP contribution in [0.15, 0.2) is 89.8 Å². The Morgan fingerprint density at radius 3 is 2.55 bits per heavy atom. The summed E-state index contributed by atoms with van der Waals surface area (Å²) in [4.78, 5) is 39.2. The van der Waals surface area contributed by atoms with Crippen molar-refractivity contribution in [2.75, 3.05) is 25.1 Å². The molecule has 9 heteroatoms. The second-order valence-electron chi connectivity index (χ2n) is 9.03. The van der Waals surface area contributed by atoms with E-state index in [9.17, 15) is 14.4 Å². The summed E-state index contributed by atoms with van der Waals surface area (Å²) in [6, 6.07) is 25.8. The summed E-state index contributed by atoms with van der Waals surface area (Å²) in [7, 11) is 0. The normalized spacial score (nSPS) is 14.2. The van der Waals surface area contributed by atoms with E-state index in [-0.39, 0.29) is 36.8 Å². The molecule has 1 aliphatic rings. The van der Waals surface area contributed by atoms with Crippen LogP contribution in [0.2, 0.25) is 5.02 Å². The highest BCUT2D eigenvalue weighted by Crippen LogP contribution is 2.32. The van der Waals surface area contributed by atoms with Crippen LogP contribution < -0.4 is 14.8 Å². The SMILES string of the molecule is Cc1ccc(NC(=O)COc2ccc(/C=C3\SC(=O)N(CCOc4cccc5ccccc45)C3=O)cc2)cc1Cl. The molecule has 1 saturated heterocycles. The van der Waals surface area contributed by atoms with Crippen molar-refractivity contribution in [2.24, 2.45) is 0 Å². The highest BCUT2D eigenvalue weighted by molar-refractivity contribution is 8.18. The average Bonchev–Trinajstić information content (AvgIpc) is 3.22. The Hall–Kier alpha value is -4.27. The van der Waals surface area contributed by atoms with Crippen LogP contribution in [0.3, 0.4) is 0 Å². The van der Waals surface area contributed by atoms with Crippen LogP contribution in [0.1, 0.15) is 11.1 Å². The van der Waals surface area contributed by atoms with E-state index in [0.29, 0.717) is 27.1 Å². The molecular formula is C31H25ClN2O5S. The molecule has 4 aromatic carbocycles. The number of imide groups is 1. The summed E-state index contributed by atoms with van der Waals surface area (Å²) in [6.45, 7) is 2.05. The van der Waals surface area contributed by atoms with Crippen LogP contribution in [-0.4, -0.2) is 41.7 Å². The Morgan fingerprint density at radius 2 is 1.75 bits per heavy atom. The molecule has 0 bridgehead atoms. The van der Waals surface area contributed by atoms with Gasteiger partial charge in [0.25, 0.3) is 17.1 Å². The molecule has 7 nitrogen and oxygen atoms in total. The van der Waals surface area contributed by atoms with E-state index in [0.717, 1.165) is 33.7 Å². The molecule has 0 saturated carbocycles. The Kier molecular flexibility index (Phi) is 8.38. The van der Waals surface area contributed by atoms with Crippen molar-refractivity contribution in [3.8, 4) is 11.5 Å². The van der Waals surface area contributed by atoms with E-state index in [1.807, 2.05) is 55.5 Å². The van der Waals surface area contributed by atoms with Gasteiger partial charge in [-0.2, -0.15) is 0 Å². The van der Waals surface area contributed by atoms with Gasteiger partial charge >= 0.3 is 0 Å². The molecule has 0 aliphatic carbocycles. The maximum atomic E-state index is 12.9. The average molecular weight is 573 g/mol. The van der Waals surface area contributed by atoms with Crippen molar-refractivity contribution in [1.82, 2.24) is 4.90 Å². The lowest BCUT2D eigenvalue weighted by molar-refractivity contribution is -0.123. The molecule has 0 unspecified atom stereocenters. The summed E-state index contributed by atoms with van der Waals surface area (Å²) in [5, 5.41) is 5.01. The first-order valence-corrected chi connectivity index (χ1v) is 13.7. The molecule has 5 rings (SSSR count). The van der Waals surface area contributed by atoms with E-state index in [1.165, 1.54) is 4.90 Å². The van der Waals surface area contributed by atoms with Crippen molar-refractivity contribution in [2.45, 2.75) is 6.92 Å². The molecule has 40 heavy (non-hydrogen) atoms. The largest absolute Gasteiger partial charge is 0.491 e. The smallest absolute Gasteiger partial charge is 0.293 e. The highest BCUT2D eigenvalue weighted by Gasteiger charge is 2.34. The number of aryl methyl sites for hydroxylation is 1. The number of halogens is 1. The summed E-state index contributed by atoms with van der Waals surface area (Å²) in [5.74, 6) is 0.528. The van der Waals surface area contributed by atoms with Gasteiger partial charge in [-0.1, -0.05) is 66.2 Å². The number of carbonyl (C=O) groups is 3. The van der Waals surface area contributed by atoms with Crippen molar-refractivity contribution in [3.63, 3.8) is 0 Å². The maximum absolute atomic E-state index is 12.9. The highest BCUT2D eigenvalue weighted by atomic mass is 35.5. The standard InChI is InChI=1S/C31H25ClN2O5S/c1-20-9-12-23(18-26(20)32)33-29(35)19-39-24-13-10-21(11-14-24)17-28-30(36)34(31(37)40-28)15-16-38-27-8-4-6-22-5-2-3-7-25(22)27/h2-14,17-18H,15-16,19H2,1H3,(H,33,35)/b28-17-. The summed E-state index contributed by atoms with van der Waals surface area (Å²) in [6.07, 6.45) is 1.66. The zero-order chi connectivity index (χ0) is 28.1. The maximum Gasteiger partial charge on any atom is 0.293 e. The molecule has 0 aromatic heterocycles. The van der Waals surface area contributed by atoms with Gasteiger partial charge in [-0.05, 0) is 71.6 Å². The summed E-state index contributed by atoms with van der Waals surface area (Å²) in [5.41, 5.74) is 2.24. The minimum atomic E-state index is -0.357. The molecule has 1 aliphatic heterocycles. The lowest BCUT2D eigenvalue weighted by atomic mass is 10.1. The molecule has 3 amide bonds. The van der Waals surface area contributed by atoms with Crippen LogP contribution in [0.25, 0.3) is 16.8 Å². The van der Waals surface area contributed by atoms with E-state index in [2.05, 4.69) is 5.32 Å². The molecule has 0 atom stereocenters. The van der Waals surface area contributed by atoms with Crippen molar-refractivity contribution >= 4 is 63.0 Å². The van der Waals surface area contributed by atoms with E-state index >= 15 is 0 Å². The minimum Gasteiger partial charge on any atom is -0.491 e. The fraction of sp³-hybridized carbons (Fsp3) is 0.129. The number of benzene rings is 4. The number of fused-ring (bicyclic) bond motifs is 1. The van der Waals surface area contributed by atoms with Crippen molar-refractivity contribution in [1.29, 1.82) is 0 Å². The zero-order valence-electron chi connectivity index (χ0n) is 21.6. The molecule has 1 fully saturated rings. The number of amides is 3. The molecule has 0 spiro atoms. The van der Waals surface area contributed by atoms with Gasteiger partial charge in [-0.15, -0.1) is 0 Å². The number of anilines is 1. The third kappa shape index (κ3) is 6.47. The van der Waals surface area contributed by atoms with Gasteiger partial charge in [-0.25, -0.2) is 0 Å². The molecular weight excluding hydrogens is 548 g/mol. The number of nitrogens with zero attached hydrogens (tertiary/aromatic N) is 1. The van der Waals surface area contributed by atoms with Crippen LogP contribution in [0.4, 0.5) is 10.5 Å². The molecule has 1 N–H and O–H groups in total. The molecule has 0 radical (unpaired) electrons. The van der Waals surface area contributed by atoms with E-state index in [4.69, 9.17) is 21.1 Å². The van der Waals surface area contributed by atoms with Gasteiger partial charge in [0.15, 0.2) is 6.61 Å². The first-order chi connectivity index (χ1) is 19.4. The number of nitrogens with one attached hydrogen (secondary N) is 1. The fourth-order valence-electron chi connectivity index (χ4n) is 4.09. The molecule has 202 valence electrons. The van der Waals surface area contributed by atoms with Crippen LogP contribution in [0, 0.1) is 6.92 Å². The Balaban J connectivity index is 1.13. The number of thioether (sulfide) groups is 1. The van der Waals surface area contributed by atoms with Gasteiger partial charge in [0.1, 0.15) is 18.1 Å². The van der Waals surface area contributed by atoms with Crippen LogP contribution in [-0.2, 0) is 9.59 Å². The first kappa shape index (κ1) is 27.3. The van der Waals surface area contributed by atoms with Crippen LogP contribution in [0.5, 0.6) is 11.5 Å². The number of hydrogen-bond acceptors (Lipinski definition) is 6. The summed E-state index contributed by atoms with van der Waals surface area (Å²) >= 11 is 6.99. The molecule has 4 aromatic rings. The minimum absolute atomic E-state index is 0.148. The fourth-order valence-corrected chi connectivity index (χ4v) is 5.14. The van der Waals surface area contributed by atoms with Crippen molar-refractivity contribution < 1.29 is 23.9 Å². The van der Waals surface area contributed by atoms with Crippen LogP contribution >= 0.6 is 23.4 Å². The first-order valence-electron chi connectivity index (χ1n) is 12.5. The van der Waals surface area contributed by atoms with Gasteiger partial charge < -0.3 is 14.8 Å².